The number of rotatable bonds is 4. The minimum absolute atomic E-state index is 0.0969. The van der Waals surface area contributed by atoms with Crippen LogP contribution in [0.15, 0.2) is 33.6 Å². The summed E-state index contributed by atoms with van der Waals surface area (Å²) in [6.07, 6.45) is -0.204. The van der Waals surface area contributed by atoms with Crippen molar-refractivity contribution in [2.45, 2.75) is 23.5 Å². The first-order chi connectivity index (χ1) is 9.08. The first-order valence-electron chi connectivity index (χ1n) is 5.96. The first kappa shape index (κ1) is 14.4. The number of benzene rings is 1. The molecule has 19 heavy (non-hydrogen) atoms. The van der Waals surface area contributed by atoms with Gasteiger partial charge in [0.05, 0.1) is 6.54 Å². The maximum absolute atomic E-state index is 11.9. The maximum Gasteiger partial charge on any atom is 0.416 e. The Labute approximate surface area is 124 Å². The molecule has 2 rings (SSSR count). The summed E-state index contributed by atoms with van der Waals surface area (Å²) in [5.41, 5.74) is 0. The second-order valence-corrected chi connectivity index (χ2v) is 6.56. The number of thioether (sulfide) groups is 1. The highest BCUT2D eigenvalue weighted by Crippen LogP contribution is 2.31. The molecule has 1 saturated heterocycles. The van der Waals surface area contributed by atoms with E-state index in [2.05, 4.69) is 15.9 Å². The Kier molecular flexibility index (Phi) is 4.87. The van der Waals surface area contributed by atoms with E-state index in [9.17, 15) is 9.59 Å². The number of nitrogens with zero attached hydrogens (tertiary/aromatic N) is 1. The van der Waals surface area contributed by atoms with Gasteiger partial charge in [-0.25, -0.2) is 9.69 Å². The predicted octanol–water partition coefficient (Wildman–Crippen LogP) is 3.30. The van der Waals surface area contributed by atoms with Gasteiger partial charge in [0.25, 0.3) is 0 Å². The molecule has 1 aromatic rings. The number of cyclic esters (lactones) is 1. The number of imide groups is 1. The van der Waals surface area contributed by atoms with E-state index in [1.54, 1.807) is 11.8 Å². The first-order valence-corrected chi connectivity index (χ1v) is 7.63. The molecule has 102 valence electrons. The van der Waals surface area contributed by atoms with Gasteiger partial charge >= 0.3 is 6.09 Å². The Balaban J connectivity index is 1.91. The Hall–Kier alpha value is -1.01. The van der Waals surface area contributed by atoms with Crippen molar-refractivity contribution in [2.24, 2.45) is 0 Å². The fourth-order valence-electron chi connectivity index (χ4n) is 1.77. The highest BCUT2D eigenvalue weighted by molar-refractivity contribution is 9.10. The summed E-state index contributed by atoms with van der Waals surface area (Å²) in [6, 6.07) is 7.87. The van der Waals surface area contributed by atoms with Crippen molar-refractivity contribution in [3.63, 3.8) is 0 Å². The van der Waals surface area contributed by atoms with Crippen LogP contribution in [0.4, 0.5) is 4.79 Å². The van der Waals surface area contributed by atoms with E-state index in [4.69, 9.17) is 4.74 Å². The summed E-state index contributed by atoms with van der Waals surface area (Å²) in [5.74, 6) is -0.172. The molecule has 0 aromatic heterocycles. The van der Waals surface area contributed by atoms with E-state index in [1.165, 1.54) is 4.90 Å². The quantitative estimate of drug-likeness (QED) is 0.787. The fraction of sp³-hybridized carbons (Fsp3) is 0.385. The minimum Gasteiger partial charge on any atom is -0.447 e. The minimum atomic E-state index is -0.525. The average molecular weight is 344 g/mol. The zero-order chi connectivity index (χ0) is 13.8. The number of amides is 2. The van der Waals surface area contributed by atoms with Crippen molar-refractivity contribution in [3.8, 4) is 0 Å². The van der Waals surface area contributed by atoms with Gasteiger partial charge in [0.2, 0.25) is 5.91 Å². The number of carbonyl (C=O) groups is 2. The van der Waals surface area contributed by atoms with Crippen LogP contribution in [0.1, 0.15) is 13.3 Å². The number of ether oxygens (including phenoxy) is 1. The Morgan fingerprint density at radius 2 is 2.26 bits per heavy atom. The van der Waals surface area contributed by atoms with Crippen molar-refractivity contribution in [2.75, 3.05) is 13.2 Å². The van der Waals surface area contributed by atoms with Gasteiger partial charge in [-0.2, -0.15) is 0 Å². The summed E-state index contributed by atoms with van der Waals surface area (Å²) in [4.78, 5) is 25.5. The molecule has 1 aliphatic heterocycles. The standard InChI is InChI=1S/C13H14BrNO3S/c1-9(19-11-5-3-2-4-10(11)14)8-12(16)15-6-7-18-13(15)17/h2-5,9H,6-8H2,1H3/t9-/m0/s1. The lowest BCUT2D eigenvalue weighted by Crippen LogP contribution is -2.33. The van der Waals surface area contributed by atoms with E-state index < -0.39 is 6.09 Å². The zero-order valence-corrected chi connectivity index (χ0v) is 12.9. The third-order valence-electron chi connectivity index (χ3n) is 2.69. The monoisotopic (exact) mass is 343 g/mol. The second kappa shape index (κ2) is 6.43. The summed E-state index contributed by atoms with van der Waals surface area (Å²) >= 11 is 5.09. The Morgan fingerprint density at radius 1 is 1.53 bits per heavy atom. The van der Waals surface area contributed by atoms with Crippen LogP contribution in [-0.2, 0) is 9.53 Å². The molecule has 0 unspecified atom stereocenters. The highest BCUT2D eigenvalue weighted by Gasteiger charge is 2.29. The van der Waals surface area contributed by atoms with Crippen LogP contribution in [0.3, 0.4) is 0 Å². The molecule has 0 radical (unpaired) electrons. The van der Waals surface area contributed by atoms with Crippen molar-refractivity contribution < 1.29 is 14.3 Å². The van der Waals surface area contributed by atoms with Crippen LogP contribution in [0.25, 0.3) is 0 Å². The van der Waals surface area contributed by atoms with Crippen LogP contribution in [0, 0.1) is 0 Å². The van der Waals surface area contributed by atoms with E-state index in [1.807, 2.05) is 31.2 Å². The van der Waals surface area contributed by atoms with Gasteiger partial charge in [-0.1, -0.05) is 19.1 Å². The van der Waals surface area contributed by atoms with Gasteiger partial charge in [-0.05, 0) is 28.1 Å². The summed E-state index contributed by atoms with van der Waals surface area (Å²) in [5, 5.41) is 0.0969. The molecule has 0 spiro atoms. The summed E-state index contributed by atoms with van der Waals surface area (Å²) in [7, 11) is 0. The Bertz CT molecular complexity index is 495. The van der Waals surface area contributed by atoms with Crippen molar-refractivity contribution in [3.05, 3.63) is 28.7 Å². The summed E-state index contributed by atoms with van der Waals surface area (Å²) < 4.78 is 5.77. The van der Waals surface area contributed by atoms with Crippen LogP contribution >= 0.6 is 27.7 Å². The molecule has 4 nitrogen and oxygen atoms in total. The molecule has 2 amide bonds. The summed E-state index contributed by atoms with van der Waals surface area (Å²) in [6.45, 7) is 2.64. The van der Waals surface area contributed by atoms with Gasteiger partial charge in [0.15, 0.2) is 0 Å². The van der Waals surface area contributed by atoms with Gasteiger partial charge in [-0.15, -0.1) is 11.8 Å². The zero-order valence-electron chi connectivity index (χ0n) is 10.5. The normalized spacial score (nSPS) is 16.3. The highest BCUT2D eigenvalue weighted by atomic mass is 79.9. The lowest BCUT2D eigenvalue weighted by Gasteiger charge is -2.15. The van der Waals surface area contributed by atoms with E-state index in [0.717, 1.165) is 9.37 Å². The van der Waals surface area contributed by atoms with Crippen LogP contribution in [-0.4, -0.2) is 35.3 Å². The molecule has 6 heteroatoms. The van der Waals surface area contributed by atoms with Crippen LogP contribution in [0.2, 0.25) is 0 Å². The number of carbonyl (C=O) groups excluding carboxylic acids is 2. The van der Waals surface area contributed by atoms with Gasteiger partial charge in [0.1, 0.15) is 6.61 Å². The lowest BCUT2D eigenvalue weighted by molar-refractivity contribution is -0.127. The van der Waals surface area contributed by atoms with E-state index in [-0.39, 0.29) is 11.2 Å². The molecular formula is C13H14BrNO3S. The van der Waals surface area contributed by atoms with Gasteiger partial charge in [-0.3, -0.25) is 4.79 Å². The molecule has 0 N–H and O–H groups in total. The van der Waals surface area contributed by atoms with Crippen LogP contribution in [0.5, 0.6) is 0 Å². The number of hydrogen-bond acceptors (Lipinski definition) is 4. The van der Waals surface area contributed by atoms with Crippen molar-refractivity contribution in [1.29, 1.82) is 0 Å². The molecule has 1 atom stereocenters. The SMILES string of the molecule is C[C@@H](CC(=O)N1CCOC1=O)Sc1ccccc1Br. The van der Waals surface area contributed by atoms with Crippen LogP contribution < -0.4 is 0 Å². The second-order valence-electron chi connectivity index (χ2n) is 4.22. The van der Waals surface area contributed by atoms with Gasteiger partial charge in [0, 0.05) is 21.0 Å². The fourth-order valence-corrected chi connectivity index (χ4v) is 3.34. The van der Waals surface area contributed by atoms with Crippen molar-refractivity contribution >= 4 is 39.7 Å². The number of halogens is 1. The predicted molar refractivity (Wildman–Crippen MR) is 77.1 cm³/mol. The molecule has 1 fully saturated rings. The number of hydrogen-bond donors (Lipinski definition) is 0. The lowest BCUT2D eigenvalue weighted by atomic mass is 10.3. The van der Waals surface area contributed by atoms with E-state index >= 15 is 0 Å². The molecule has 1 heterocycles. The smallest absolute Gasteiger partial charge is 0.416 e. The molecule has 1 aromatic carbocycles. The topological polar surface area (TPSA) is 46.6 Å². The molecule has 0 saturated carbocycles. The maximum atomic E-state index is 11.9. The average Bonchev–Trinajstić information content (AvgIpc) is 2.78. The van der Waals surface area contributed by atoms with Gasteiger partial charge < -0.3 is 4.74 Å². The third kappa shape index (κ3) is 3.73. The molecular weight excluding hydrogens is 330 g/mol. The largest absolute Gasteiger partial charge is 0.447 e. The molecule has 1 aliphatic rings. The molecule has 0 bridgehead atoms. The van der Waals surface area contributed by atoms with E-state index in [0.29, 0.717) is 19.6 Å². The molecule has 0 aliphatic carbocycles. The Morgan fingerprint density at radius 3 is 2.89 bits per heavy atom. The third-order valence-corrected chi connectivity index (χ3v) is 4.82. The van der Waals surface area contributed by atoms with Crippen molar-refractivity contribution in [1.82, 2.24) is 4.90 Å².